The molecular formula is C25H31BrN2O6. The largest absolute Gasteiger partial charge is 0.493 e. The standard InChI is InChI=1S/C25H31BrN2O6/c1-5-33-24(29)27(16-18-9-7-6-8-10-18)20-13-17(2)28(25(30)34-12-11-26)21-15-23(32-4)22(31-3)14-19(20)21/h6-10,14-15,17,20H,5,11-13,16H2,1-4H3. The summed E-state index contributed by atoms with van der Waals surface area (Å²) in [5, 5.41) is 0.538. The summed E-state index contributed by atoms with van der Waals surface area (Å²) < 4.78 is 21.9. The van der Waals surface area contributed by atoms with Gasteiger partial charge in [0.05, 0.1) is 32.6 Å². The number of ether oxygens (including phenoxy) is 4. The van der Waals surface area contributed by atoms with Crippen molar-refractivity contribution in [3.05, 3.63) is 53.6 Å². The molecule has 184 valence electrons. The second kappa shape index (κ2) is 12.0. The Morgan fingerprint density at radius 1 is 1.09 bits per heavy atom. The number of benzene rings is 2. The average Bonchev–Trinajstić information content (AvgIpc) is 2.85. The normalized spacial score (nSPS) is 16.9. The van der Waals surface area contributed by atoms with Crippen molar-refractivity contribution >= 4 is 33.8 Å². The van der Waals surface area contributed by atoms with Gasteiger partial charge in [-0.15, -0.1) is 0 Å². The molecule has 9 heteroatoms. The molecule has 0 saturated heterocycles. The number of amides is 2. The van der Waals surface area contributed by atoms with Gasteiger partial charge in [-0.3, -0.25) is 9.80 Å². The molecule has 34 heavy (non-hydrogen) atoms. The molecule has 0 radical (unpaired) electrons. The molecule has 0 spiro atoms. The van der Waals surface area contributed by atoms with E-state index in [1.807, 2.05) is 43.3 Å². The Hall–Kier alpha value is -2.94. The topological polar surface area (TPSA) is 77.5 Å². The molecule has 1 aliphatic heterocycles. The van der Waals surface area contributed by atoms with Gasteiger partial charge in [0.2, 0.25) is 0 Å². The predicted octanol–water partition coefficient (Wildman–Crippen LogP) is 5.53. The SMILES string of the molecule is CCOC(=O)N(Cc1ccccc1)C1CC(C)N(C(=O)OCCBr)c2cc(OC)c(OC)cc21. The Balaban J connectivity index is 2.12. The molecule has 0 fully saturated rings. The maximum Gasteiger partial charge on any atom is 0.414 e. The fourth-order valence-electron chi connectivity index (χ4n) is 4.21. The first-order valence-corrected chi connectivity index (χ1v) is 12.3. The minimum absolute atomic E-state index is 0.244. The zero-order valence-corrected chi connectivity index (χ0v) is 21.5. The van der Waals surface area contributed by atoms with E-state index in [2.05, 4.69) is 15.9 Å². The minimum Gasteiger partial charge on any atom is -0.493 e. The third-order valence-electron chi connectivity index (χ3n) is 5.73. The van der Waals surface area contributed by atoms with Gasteiger partial charge in [0.15, 0.2) is 11.5 Å². The van der Waals surface area contributed by atoms with Gasteiger partial charge < -0.3 is 18.9 Å². The lowest BCUT2D eigenvalue weighted by Gasteiger charge is -2.42. The molecule has 2 aromatic rings. The summed E-state index contributed by atoms with van der Waals surface area (Å²) in [6.07, 6.45) is -0.374. The summed E-state index contributed by atoms with van der Waals surface area (Å²) in [5.74, 6) is 0.997. The summed E-state index contributed by atoms with van der Waals surface area (Å²) in [7, 11) is 3.10. The molecule has 0 aliphatic carbocycles. The number of rotatable bonds is 8. The van der Waals surface area contributed by atoms with Crippen LogP contribution in [-0.4, -0.2) is 55.9 Å². The van der Waals surface area contributed by atoms with E-state index >= 15 is 0 Å². The second-order valence-corrected chi connectivity index (χ2v) is 8.65. The second-order valence-electron chi connectivity index (χ2n) is 7.85. The van der Waals surface area contributed by atoms with Gasteiger partial charge in [-0.25, -0.2) is 9.59 Å². The van der Waals surface area contributed by atoms with Crippen molar-refractivity contribution in [3.8, 4) is 11.5 Å². The van der Waals surface area contributed by atoms with Crippen molar-refractivity contribution in [3.63, 3.8) is 0 Å². The van der Waals surface area contributed by atoms with Crippen molar-refractivity contribution in [1.82, 2.24) is 4.90 Å². The maximum atomic E-state index is 13.1. The van der Waals surface area contributed by atoms with Gasteiger partial charge in [0, 0.05) is 29.5 Å². The number of carbonyl (C=O) groups is 2. The highest BCUT2D eigenvalue weighted by Gasteiger charge is 2.40. The van der Waals surface area contributed by atoms with Gasteiger partial charge in [-0.2, -0.15) is 0 Å². The van der Waals surface area contributed by atoms with Crippen LogP contribution in [0.15, 0.2) is 42.5 Å². The smallest absolute Gasteiger partial charge is 0.414 e. The number of alkyl halides is 1. The third-order valence-corrected chi connectivity index (χ3v) is 6.05. The van der Waals surface area contributed by atoms with Crippen LogP contribution in [-0.2, 0) is 16.0 Å². The maximum absolute atomic E-state index is 13.1. The molecule has 2 unspecified atom stereocenters. The fraction of sp³-hybridized carbons (Fsp3) is 0.440. The molecule has 3 rings (SSSR count). The molecule has 1 heterocycles. The summed E-state index contributed by atoms with van der Waals surface area (Å²) in [5.41, 5.74) is 2.35. The van der Waals surface area contributed by atoms with Crippen LogP contribution in [0.1, 0.15) is 37.4 Å². The Kier molecular flexibility index (Phi) is 9.04. The number of hydrogen-bond acceptors (Lipinski definition) is 6. The molecule has 2 aromatic carbocycles. The van der Waals surface area contributed by atoms with Crippen LogP contribution in [0, 0.1) is 0 Å². The monoisotopic (exact) mass is 534 g/mol. The van der Waals surface area contributed by atoms with Crippen LogP contribution >= 0.6 is 15.9 Å². The van der Waals surface area contributed by atoms with Crippen molar-refractivity contribution in [1.29, 1.82) is 0 Å². The number of halogens is 1. The molecule has 0 bridgehead atoms. The highest BCUT2D eigenvalue weighted by atomic mass is 79.9. The van der Waals surface area contributed by atoms with Crippen LogP contribution in [0.5, 0.6) is 11.5 Å². The quantitative estimate of drug-likeness (QED) is 0.414. The van der Waals surface area contributed by atoms with Crippen LogP contribution in [0.4, 0.5) is 15.3 Å². The third kappa shape index (κ3) is 5.58. The van der Waals surface area contributed by atoms with E-state index in [-0.39, 0.29) is 25.3 Å². The summed E-state index contributed by atoms with van der Waals surface area (Å²) in [6, 6.07) is 12.7. The summed E-state index contributed by atoms with van der Waals surface area (Å²) in [6.45, 7) is 4.59. The first-order valence-electron chi connectivity index (χ1n) is 11.2. The zero-order chi connectivity index (χ0) is 24.7. The van der Waals surface area contributed by atoms with E-state index in [4.69, 9.17) is 18.9 Å². The van der Waals surface area contributed by atoms with Crippen molar-refractivity contribution in [2.24, 2.45) is 0 Å². The zero-order valence-electron chi connectivity index (χ0n) is 20.0. The molecule has 8 nitrogen and oxygen atoms in total. The average molecular weight is 535 g/mol. The Bertz CT molecular complexity index is 987. The highest BCUT2D eigenvalue weighted by molar-refractivity contribution is 9.09. The number of carbonyl (C=O) groups excluding carboxylic acids is 2. The highest BCUT2D eigenvalue weighted by Crippen LogP contribution is 2.46. The van der Waals surface area contributed by atoms with Crippen molar-refractivity contribution in [2.75, 3.05) is 37.7 Å². The van der Waals surface area contributed by atoms with E-state index < -0.39 is 12.2 Å². The minimum atomic E-state index is -0.454. The van der Waals surface area contributed by atoms with Crippen molar-refractivity contribution in [2.45, 2.75) is 38.9 Å². The van der Waals surface area contributed by atoms with Crippen molar-refractivity contribution < 1.29 is 28.5 Å². The van der Waals surface area contributed by atoms with Gasteiger partial charge in [0.25, 0.3) is 0 Å². The lowest BCUT2D eigenvalue weighted by Crippen LogP contribution is -2.48. The lowest BCUT2D eigenvalue weighted by atomic mass is 9.90. The summed E-state index contributed by atoms with van der Waals surface area (Å²) >= 11 is 3.29. The summed E-state index contributed by atoms with van der Waals surface area (Å²) in [4.78, 5) is 29.5. The first kappa shape index (κ1) is 25.7. The number of fused-ring (bicyclic) bond motifs is 1. The van der Waals surface area contributed by atoms with Gasteiger partial charge in [-0.1, -0.05) is 46.3 Å². The van der Waals surface area contributed by atoms with Gasteiger partial charge >= 0.3 is 12.2 Å². The predicted molar refractivity (Wildman–Crippen MR) is 133 cm³/mol. The number of nitrogens with zero attached hydrogens (tertiary/aromatic N) is 2. The fourth-order valence-corrected chi connectivity index (χ4v) is 4.37. The van der Waals surface area contributed by atoms with Gasteiger partial charge in [0.1, 0.15) is 6.61 Å². The van der Waals surface area contributed by atoms with Crippen LogP contribution in [0.3, 0.4) is 0 Å². The molecule has 2 amide bonds. The molecule has 2 atom stereocenters. The lowest BCUT2D eigenvalue weighted by molar-refractivity contribution is 0.0809. The van der Waals surface area contributed by atoms with E-state index in [1.54, 1.807) is 37.0 Å². The Morgan fingerprint density at radius 3 is 2.38 bits per heavy atom. The van der Waals surface area contributed by atoms with E-state index in [0.717, 1.165) is 11.1 Å². The molecule has 0 saturated carbocycles. The number of hydrogen-bond donors (Lipinski definition) is 0. The molecule has 0 aromatic heterocycles. The number of methoxy groups -OCH3 is 2. The van der Waals surface area contributed by atoms with E-state index in [0.29, 0.717) is 35.5 Å². The Labute approximate surface area is 208 Å². The molecule has 0 N–H and O–H groups in total. The number of anilines is 1. The van der Waals surface area contributed by atoms with Crippen LogP contribution in [0.2, 0.25) is 0 Å². The molecular weight excluding hydrogens is 504 g/mol. The Morgan fingerprint density at radius 2 is 1.76 bits per heavy atom. The molecule has 1 aliphatic rings. The van der Waals surface area contributed by atoms with Crippen LogP contribution < -0.4 is 14.4 Å². The van der Waals surface area contributed by atoms with E-state index in [1.165, 1.54) is 0 Å². The van der Waals surface area contributed by atoms with Crippen LogP contribution in [0.25, 0.3) is 0 Å². The first-order chi connectivity index (χ1) is 16.4. The van der Waals surface area contributed by atoms with Gasteiger partial charge in [-0.05, 0) is 31.9 Å². The van der Waals surface area contributed by atoms with E-state index in [9.17, 15) is 9.59 Å².